The Morgan fingerprint density at radius 1 is 0.706 bits per heavy atom. The number of fused-ring (bicyclic) bond motifs is 6. The number of allylic oxidation sites excluding steroid dienone is 1. The van der Waals surface area contributed by atoms with Gasteiger partial charge in [0.2, 0.25) is 5.95 Å². The van der Waals surface area contributed by atoms with Gasteiger partial charge in [-0.3, -0.25) is 4.57 Å². The van der Waals surface area contributed by atoms with Gasteiger partial charge in [0.25, 0.3) is 0 Å². The van der Waals surface area contributed by atoms with Crippen molar-refractivity contribution in [3.63, 3.8) is 0 Å². The first kappa shape index (κ1) is 19.7. The highest BCUT2D eigenvalue weighted by molar-refractivity contribution is 9.11. The molecule has 4 aromatic carbocycles. The molecule has 0 aliphatic heterocycles. The summed E-state index contributed by atoms with van der Waals surface area (Å²) in [5, 5.41) is 4.84. The fourth-order valence-electron chi connectivity index (χ4n) is 5.22. The first-order valence-corrected chi connectivity index (χ1v) is 12.3. The Bertz CT molecular complexity index is 1760. The molecule has 0 amide bonds. The third-order valence-electron chi connectivity index (χ3n) is 6.74. The van der Waals surface area contributed by atoms with Crippen molar-refractivity contribution in [3.05, 3.63) is 107 Å². The lowest BCUT2D eigenvalue weighted by Crippen LogP contribution is -2.08. The van der Waals surface area contributed by atoms with Crippen LogP contribution in [0.2, 0.25) is 0 Å². The van der Waals surface area contributed by atoms with Gasteiger partial charge in [0, 0.05) is 27.6 Å². The van der Waals surface area contributed by atoms with E-state index in [1.54, 1.807) is 0 Å². The van der Waals surface area contributed by atoms with Gasteiger partial charge < -0.3 is 0 Å². The second kappa shape index (κ2) is 7.64. The fraction of sp³-hybridized carbons (Fsp3) is 0.0667. The van der Waals surface area contributed by atoms with E-state index >= 15 is 0 Å². The number of benzene rings is 4. The molecule has 0 saturated heterocycles. The molecule has 162 valence electrons. The zero-order valence-electron chi connectivity index (χ0n) is 18.4. The summed E-state index contributed by atoms with van der Waals surface area (Å²) >= 11 is 3.77. The Balaban J connectivity index is 1.61. The highest BCUT2D eigenvalue weighted by Gasteiger charge is 2.24. The molecule has 0 N–H and O–H groups in total. The first-order valence-electron chi connectivity index (χ1n) is 11.5. The Morgan fingerprint density at radius 2 is 1.47 bits per heavy atom. The fourth-order valence-corrected chi connectivity index (χ4v) is 5.64. The molecule has 2 aromatic heterocycles. The van der Waals surface area contributed by atoms with Crippen molar-refractivity contribution in [1.29, 1.82) is 0 Å². The Hall–Kier alpha value is -3.76. The van der Waals surface area contributed by atoms with Crippen LogP contribution in [0.4, 0.5) is 0 Å². The summed E-state index contributed by atoms with van der Waals surface area (Å²) in [5.41, 5.74) is 6.70. The zero-order chi connectivity index (χ0) is 22.6. The molecule has 0 fully saturated rings. The van der Waals surface area contributed by atoms with Crippen molar-refractivity contribution in [2.24, 2.45) is 0 Å². The van der Waals surface area contributed by atoms with Crippen molar-refractivity contribution in [2.75, 3.05) is 0 Å². The van der Waals surface area contributed by atoms with Crippen molar-refractivity contribution < 1.29 is 0 Å². The van der Waals surface area contributed by atoms with Gasteiger partial charge in [0.15, 0.2) is 0 Å². The summed E-state index contributed by atoms with van der Waals surface area (Å²) in [5.74, 6) is 0.727. The van der Waals surface area contributed by atoms with Crippen LogP contribution in [0.1, 0.15) is 17.7 Å². The van der Waals surface area contributed by atoms with Crippen molar-refractivity contribution in [2.45, 2.75) is 12.8 Å². The molecule has 6 aromatic rings. The molecule has 7 rings (SSSR count). The number of para-hydroxylation sites is 1. The maximum atomic E-state index is 5.19. The van der Waals surface area contributed by atoms with Crippen molar-refractivity contribution in [1.82, 2.24) is 14.5 Å². The van der Waals surface area contributed by atoms with E-state index in [0.717, 1.165) is 46.5 Å². The number of hydrogen-bond acceptors (Lipinski definition) is 2. The molecule has 4 heteroatoms. The molecule has 0 unspecified atom stereocenters. The Morgan fingerprint density at radius 3 is 2.35 bits per heavy atom. The van der Waals surface area contributed by atoms with Gasteiger partial charge in [-0.2, -0.15) is 0 Å². The number of halogens is 1. The van der Waals surface area contributed by atoms with Crippen LogP contribution in [0, 0.1) is 0 Å². The summed E-state index contributed by atoms with van der Waals surface area (Å²) < 4.78 is 3.52. The van der Waals surface area contributed by atoms with Gasteiger partial charge in [0.1, 0.15) is 0 Å². The quantitative estimate of drug-likeness (QED) is 0.240. The predicted molar refractivity (Wildman–Crippen MR) is 145 cm³/mol. The van der Waals surface area contributed by atoms with Gasteiger partial charge >= 0.3 is 0 Å². The van der Waals surface area contributed by atoms with Crippen molar-refractivity contribution >= 4 is 54.6 Å². The second-order valence-corrected chi connectivity index (χ2v) is 9.74. The van der Waals surface area contributed by atoms with Crippen LogP contribution < -0.4 is 0 Å². The maximum absolute atomic E-state index is 5.19. The van der Waals surface area contributed by atoms with E-state index in [9.17, 15) is 0 Å². The Kier molecular flexibility index (Phi) is 4.42. The summed E-state index contributed by atoms with van der Waals surface area (Å²) in [7, 11) is 0. The normalized spacial score (nSPS) is 13.4. The van der Waals surface area contributed by atoms with Crippen LogP contribution >= 0.6 is 15.9 Å². The largest absolute Gasteiger partial charge is 0.282 e. The average molecular weight is 502 g/mol. The lowest BCUT2D eigenvalue weighted by Gasteiger charge is -2.15. The average Bonchev–Trinajstić information content (AvgIpc) is 3.22. The van der Waals surface area contributed by atoms with E-state index in [1.807, 2.05) is 12.1 Å². The summed E-state index contributed by atoms with van der Waals surface area (Å²) in [6.07, 6.45) is 4.19. The van der Waals surface area contributed by atoms with Gasteiger partial charge in [-0.15, -0.1) is 0 Å². The third-order valence-corrected chi connectivity index (χ3v) is 7.36. The molecule has 0 bridgehead atoms. The minimum absolute atomic E-state index is 0.727. The molecular weight excluding hydrogens is 482 g/mol. The monoisotopic (exact) mass is 501 g/mol. The molecule has 0 atom stereocenters. The SMILES string of the molecule is BrC1=Cc2c(n(-c3nc(-c4ccccc4)c4ccccc4n3)c3ccc4ccccc4c23)CC1. The number of rotatable bonds is 2. The third kappa shape index (κ3) is 2.95. The Labute approximate surface area is 205 Å². The predicted octanol–water partition coefficient (Wildman–Crippen LogP) is 8.08. The topological polar surface area (TPSA) is 30.7 Å². The van der Waals surface area contributed by atoms with E-state index in [-0.39, 0.29) is 0 Å². The van der Waals surface area contributed by atoms with Crippen LogP contribution in [-0.4, -0.2) is 14.5 Å². The standard InChI is InChI=1S/C30H20BrN3/c31-21-15-17-26-24(18-21)28-22-11-5-4-8-19(22)14-16-27(28)34(26)30-32-25-13-7-6-12-23(25)29(33-30)20-9-2-1-3-10-20/h1-14,16,18H,15,17H2. The zero-order valence-corrected chi connectivity index (χ0v) is 20.0. The van der Waals surface area contributed by atoms with E-state index in [1.165, 1.54) is 31.9 Å². The van der Waals surface area contributed by atoms with Crippen LogP contribution in [-0.2, 0) is 6.42 Å². The minimum Gasteiger partial charge on any atom is -0.282 e. The van der Waals surface area contributed by atoms with Crippen molar-refractivity contribution in [3.8, 4) is 17.2 Å². The number of aromatic nitrogens is 3. The van der Waals surface area contributed by atoms with Gasteiger partial charge in [-0.05, 0) is 46.3 Å². The summed E-state index contributed by atoms with van der Waals surface area (Å²) in [6.45, 7) is 0. The number of hydrogen-bond donors (Lipinski definition) is 0. The van der Waals surface area contributed by atoms with E-state index in [4.69, 9.17) is 9.97 Å². The maximum Gasteiger partial charge on any atom is 0.235 e. The molecule has 0 saturated carbocycles. The first-order chi connectivity index (χ1) is 16.8. The molecule has 1 aliphatic rings. The smallest absolute Gasteiger partial charge is 0.235 e. The van der Waals surface area contributed by atoms with Gasteiger partial charge in [-0.1, -0.05) is 94.8 Å². The van der Waals surface area contributed by atoms with Crippen LogP contribution in [0.15, 0.2) is 95.5 Å². The van der Waals surface area contributed by atoms with E-state index in [0.29, 0.717) is 0 Å². The van der Waals surface area contributed by atoms with Crippen LogP contribution in [0.25, 0.3) is 55.9 Å². The van der Waals surface area contributed by atoms with Crippen LogP contribution in [0.3, 0.4) is 0 Å². The molecule has 3 nitrogen and oxygen atoms in total. The van der Waals surface area contributed by atoms with Gasteiger partial charge in [0.05, 0.1) is 16.7 Å². The molecule has 2 heterocycles. The summed E-state index contributed by atoms with van der Waals surface area (Å²) in [6, 6.07) is 31.7. The van der Waals surface area contributed by atoms with E-state index in [2.05, 4.69) is 105 Å². The lowest BCUT2D eigenvalue weighted by molar-refractivity contribution is 0.849. The minimum atomic E-state index is 0.727. The molecule has 0 radical (unpaired) electrons. The van der Waals surface area contributed by atoms with Gasteiger partial charge in [-0.25, -0.2) is 9.97 Å². The highest BCUT2D eigenvalue weighted by Crippen LogP contribution is 2.40. The lowest BCUT2D eigenvalue weighted by atomic mass is 9.98. The van der Waals surface area contributed by atoms with Crippen LogP contribution in [0.5, 0.6) is 0 Å². The second-order valence-electron chi connectivity index (χ2n) is 8.72. The molecular formula is C30H20BrN3. The number of nitrogens with zero attached hydrogens (tertiary/aromatic N) is 3. The summed E-state index contributed by atoms with van der Waals surface area (Å²) in [4.78, 5) is 10.3. The van der Waals surface area contributed by atoms with E-state index < -0.39 is 0 Å². The molecule has 1 aliphatic carbocycles. The highest BCUT2D eigenvalue weighted by atomic mass is 79.9. The molecule has 0 spiro atoms. The molecule has 34 heavy (non-hydrogen) atoms.